The second-order valence-electron chi connectivity index (χ2n) is 6.85. The number of carbonyl (C=O) groups excluding carboxylic acids is 2. The highest BCUT2D eigenvalue weighted by molar-refractivity contribution is 7.10. The molecule has 2 aromatic rings. The second-order valence-corrected chi connectivity index (χ2v) is 7.83. The van der Waals surface area contributed by atoms with E-state index in [1.807, 2.05) is 17.5 Å². The van der Waals surface area contributed by atoms with Gasteiger partial charge in [-0.05, 0) is 42.7 Å². The Bertz CT molecular complexity index is 837. The number of Topliss-reactive ketones (excluding diaryl/α,β-unsaturated/α-hetero) is 1. The maximum atomic E-state index is 12.7. The average Bonchev–Trinajstić information content (AvgIpc) is 3.08. The van der Waals surface area contributed by atoms with E-state index < -0.39 is 11.5 Å². The fourth-order valence-electron chi connectivity index (χ4n) is 3.19. The Balaban J connectivity index is 1.88. The number of nitrogens with one attached hydrogen (secondary N) is 2. The highest BCUT2D eigenvalue weighted by atomic mass is 32.1. The Labute approximate surface area is 150 Å². The van der Waals surface area contributed by atoms with Crippen molar-refractivity contribution in [1.29, 1.82) is 0 Å². The molecule has 2 aromatic heterocycles. The van der Waals surface area contributed by atoms with Crippen LogP contribution in [0.3, 0.4) is 0 Å². The minimum absolute atomic E-state index is 0.0106. The Morgan fingerprint density at radius 3 is 2.80 bits per heavy atom. The van der Waals surface area contributed by atoms with E-state index in [-0.39, 0.29) is 17.4 Å². The number of aromatic amines is 1. The van der Waals surface area contributed by atoms with Crippen LogP contribution in [0.15, 0.2) is 28.4 Å². The van der Waals surface area contributed by atoms with E-state index in [0.29, 0.717) is 30.0 Å². The summed E-state index contributed by atoms with van der Waals surface area (Å²) in [5.74, 6) is -0.0409. The van der Waals surface area contributed by atoms with Gasteiger partial charge >= 0.3 is 0 Å². The fourth-order valence-corrected chi connectivity index (χ4v) is 3.98. The van der Waals surface area contributed by atoms with Gasteiger partial charge in [0.1, 0.15) is 5.56 Å². The normalized spacial score (nSPS) is 15.1. The van der Waals surface area contributed by atoms with Gasteiger partial charge in [0.25, 0.3) is 11.5 Å². The molecule has 2 N–H and O–H groups in total. The summed E-state index contributed by atoms with van der Waals surface area (Å²) in [6.45, 7) is 4.19. The van der Waals surface area contributed by atoms with E-state index in [0.717, 1.165) is 17.7 Å². The number of hydrogen-bond acceptors (Lipinski definition) is 4. The minimum atomic E-state index is -0.430. The van der Waals surface area contributed by atoms with Crippen LogP contribution in [-0.2, 0) is 6.42 Å². The number of rotatable bonds is 5. The molecule has 3 rings (SSSR count). The SMILES string of the molecule is CC(C)CC(NC(=O)c1cc2c([nH]c1=O)CCCC2=O)c1cccs1. The molecule has 1 unspecified atom stereocenters. The number of aromatic nitrogens is 1. The van der Waals surface area contributed by atoms with Crippen LogP contribution in [0.1, 0.15) is 70.4 Å². The zero-order valence-corrected chi connectivity index (χ0v) is 15.2. The highest BCUT2D eigenvalue weighted by Crippen LogP contribution is 2.26. The van der Waals surface area contributed by atoms with Gasteiger partial charge in [-0.2, -0.15) is 0 Å². The number of hydrogen-bond donors (Lipinski definition) is 2. The standard InChI is InChI=1S/C19H22N2O3S/c1-11(2)9-15(17-7-4-8-25-17)21-19(24)13-10-12-14(20-18(13)23)5-3-6-16(12)22/h4,7-8,10-11,15H,3,5-6,9H2,1-2H3,(H,20,23)(H,21,24). The summed E-state index contributed by atoms with van der Waals surface area (Å²) < 4.78 is 0. The summed E-state index contributed by atoms with van der Waals surface area (Å²) in [4.78, 5) is 40.9. The molecule has 0 bridgehead atoms. The molecule has 6 heteroatoms. The first-order chi connectivity index (χ1) is 12.0. The number of aryl methyl sites for hydroxylation is 1. The summed E-state index contributed by atoms with van der Waals surface area (Å²) in [5, 5.41) is 4.94. The van der Waals surface area contributed by atoms with Crippen molar-refractivity contribution in [3.63, 3.8) is 0 Å². The number of amides is 1. The minimum Gasteiger partial charge on any atom is -0.344 e. The third-order valence-corrected chi connectivity index (χ3v) is 5.38. The topological polar surface area (TPSA) is 79.0 Å². The largest absolute Gasteiger partial charge is 0.344 e. The summed E-state index contributed by atoms with van der Waals surface area (Å²) in [6, 6.07) is 5.26. The van der Waals surface area contributed by atoms with E-state index in [2.05, 4.69) is 24.1 Å². The molecule has 132 valence electrons. The first-order valence-corrected chi connectivity index (χ1v) is 9.47. The predicted octanol–water partition coefficient (Wildman–Crippen LogP) is 3.47. The van der Waals surface area contributed by atoms with Crippen molar-refractivity contribution in [2.75, 3.05) is 0 Å². The van der Waals surface area contributed by atoms with Gasteiger partial charge in [0, 0.05) is 22.6 Å². The first kappa shape index (κ1) is 17.6. The van der Waals surface area contributed by atoms with E-state index >= 15 is 0 Å². The van der Waals surface area contributed by atoms with Gasteiger partial charge in [-0.15, -0.1) is 11.3 Å². The van der Waals surface area contributed by atoms with Crippen molar-refractivity contribution in [3.8, 4) is 0 Å². The third kappa shape index (κ3) is 3.90. The Morgan fingerprint density at radius 1 is 1.32 bits per heavy atom. The van der Waals surface area contributed by atoms with Gasteiger partial charge in [-0.1, -0.05) is 19.9 Å². The smallest absolute Gasteiger partial charge is 0.261 e. The van der Waals surface area contributed by atoms with Crippen LogP contribution in [0.25, 0.3) is 0 Å². The van der Waals surface area contributed by atoms with Crippen molar-refractivity contribution < 1.29 is 9.59 Å². The number of fused-ring (bicyclic) bond motifs is 1. The van der Waals surface area contributed by atoms with Crippen LogP contribution >= 0.6 is 11.3 Å². The lowest BCUT2D eigenvalue weighted by Gasteiger charge is -2.20. The maximum Gasteiger partial charge on any atom is 0.261 e. The maximum absolute atomic E-state index is 12.7. The molecule has 0 aliphatic heterocycles. The number of carbonyl (C=O) groups is 2. The van der Waals surface area contributed by atoms with Gasteiger partial charge in [0.2, 0.25) is 0 Å². The fraction of sp³-hybridized carbons (Fsp3) is 0.421. The Kier molecular flexibility index (Phi) is 5.18. The average molecular weight is 358 g/mol. The zero-order chi connectivity index (χ0) is 18.0. The molecule has 5 nitrogen and oxygen atoms in total. The van der Waals surface area contributed by atoms with Crippen LogP contribution in [0, 0.1) is 5.92 Å². The molecular weight excluding hydrogens is 336 g/mol. The zero-order valence-electron chi connectivity index (χ0n) is 14.4. The highest BCUT2D eigenvalue weighted by Gasteiger charge is 2.24. The third-order valence-electron chi connectivity index (χ3n) is 4.40. The van der Waals surface area contributed by atoms with Crippen LogP contribution in [0.4, 0.5) is 0 Å². The van der Waals surface area contributed by atoms with Crippen molar-refractivity contribution in [2.45, 2.75) is 45.6 Å². The molecule has 1 aliphatic rings. The molecule has 0 fully saturated rings. The molecule has 2 heterocycles. The lowest BCUT2D eigenvalue weighted by Crippen LogP contribution is -2.34. The molecule has 1 aliphatic carbocycles. The van der Waals surface area contributed by atoms with Crippen LogP contribution < -0.4 is 10.9 Å². The first-order valence-electron chi connectivity index (χ1n) is 8.59. The lowest BCUT2D eigenvalue weighted by molar-refractivity contribution is 0.0931. The summed E-state index contributed by atoms with van der Waals surface area (Å²) >= 11 is 1.58. The van der Waals surface area contributed by atoms with Crippen molar-refractivity contribution in [2.24, 2.45) is 5.92 Å². The number of thiophene rings is 1. The van der Waals surface area contributed by atoms with Gasteiger partial charge in [0.15, 0.2) is 5.78 Å². The van der Waals surface area contributed by atoms with Crippen molar-refractivity contribution in [1.82, 2.24) is 10.3 Å². The van der Waals surface area contributed by atoms with Crippen LogP contribution in [0.5, 0.6) is 0 Å². The van der Waals surface area contributed by atoms with E-state index in [1.54, 1.807) is 11.3 Å². The van der Waals surface area contributed by atoms with E-state index in [9.17, 15) is 14.4 Å². The van der Waals surface area contributed by atoms with Gasteiger partial charge < -0.3 is 10.3 Å². The van der Waals surface area contributed by atoms with Gasteiger partial charge in [-0.3, -0.25) is 14.4 Å². The molecule has 0 saturated heterocycles. The monoisotopic (exact) mass is 358 g/mol. The predicted molar refractivity (Wildman–Crippen MR) is 98.3 cm³/mol. The van der Waals surface area contributed by atoms with Gasteiger partial charge in [0.05, 0.1) is 6.04 Å². The molecule has 25 heavy (non-hydrogen) atoms. The molecule has 1 amide bonds. The Morgan fingerprint density at radius 2 is 2.12 bits per heavy atom. The molecule has 0 saturated carbocycles. The molecular formula is C19H22N2O3S. The Hall–Kier alpha value is -2.21. The number of ketones is 1. The quantitative estimate of drug-likeness (QED) is 0.859. The summed E-state index contributed by atoms with van der Waals surface area (Å²) in [7, 11) is 0. The number of H-pyrrole nitrogens is 1. The second kappa shape index (κ2) is 7.35. The summed E-state index contributed by atoms with van der Waals surface area (Å²) in [6.07, 6.45) is 2.66. The van der Waals surface area contributed by atoms with E-state index in [4.69, 9.17) is 0 Å². The lowest BCUT2D eigenvalue weighted by atomic mass is 9.93. The van der Waals surface area contributed by atoms with Crippen LogP contribution in [0.2, 0.25) is 0 Å². The van der Waals surface area contributed by atoms with E-state index in [1.165, 1.54) is 6.07 Å². The van der Waals surface area contributed by atoms with Gasteiger partial charge in [-0.25, -0.2) is 0 Å². The van der Waals surface area contributed by atoms with Crippen LogP contribution in [-0.4, -0.2) is 16.7 Å². The molecule has 0 spiro atoms. The van der Waals surface area contributed by atoms with Crippen molar-refractivity contribution in [3.05, 3.63) is 55.6 Å². The van der Waals surface area contributed by atoms with Crippen molar-refractivity contribution >= 4 is 23.0 Å². The molecule has 0 radical (unpaired) electrons. The molecule has 1 atom stereocenters. The number of pyridine rings is 1. The molecule has 0 aromatic carbocycles. The summed E-state index contributed by atoms with van der Waals surface area (Å²) in [5.41, 5.74) is 0.710.